The highest BCUT2D eigenvalue weighted by Crippen LogP contribution is 2.24. The van der Waals surface area contributed by atoms with Crippen molar-refractivity contribution in [2.24, 2.45) is 0 Å². The Morgan fingerprint density at radius 3 is 2.67 bits per heavy atom. The van der Waals surface area contributed by atoms with Crippen LogP contribution in [0.4, 0.5) is 17.5 Å². The first-order chi connectivity index (χ1) is 10.2. The molecule has 6 nitrogen and oxygen atoms in total. The van der Waals surface area contributed by atoms with Gasteiger partial charge in [0.1, 0.15) is 0 Å². The van der Waals surface area contributed by atoms with E-state index in [2.05, 4.69) is 37.3 Å². The summed E-state index contributed by atoms with van der Waals surface area (Å²) in [4.78, 5) is 8.95. The standard InChI is InChI=1S/C14H17ClN6/c1-20-6-8-21(9-7-20)14-18-13(10-16-19-14)17-12-5-3-2-4-11(12)15/h2-5,10H,6-9H2,1H3,(H,17,18,19). The normalized spacial score (nSPS) is 16.0. The van der Waals surface area contributed by atoms with Gasteiger partial charge in [0, 0.05) is 26.2 Å². The second-order valence-corrected chi connectivity index (χ2v) is 5.44. The zero-order valence-corrected chi connectivity index (χ0v) is 12.6. The molecular formula is C14H17ClN6. The third-order valence-electron chi connectivity index (χ3n) is 3.47. The molecule has 3 rings (SSSR count). The van der Waals surface area contributed by atoms with Crippen LogP contribution in [0.2, 0.25) is 5.02 Å². The molecule has 21 heavy (non-hydrogen) atoms. The molecule has 0 saturated carbocycles. The number of nitrogens with zero attached hydrogens (tertiary/aromatic N) is 5. The van der Waals surface area contributed by atoms with Crippen LogP contribution in [0.1, 0.15) is 0 Å². The Kier molecular flexibility index (Phi) is 4.17. The third-order valence-corrected chi connectivity index (χ3v) is 3.80. The lowest BCUT2D eigenvalue weighted by Gasteiger charge is -2.32. The van der Waals surface area contributed by atoms with Crippen LogP contribution in [0.25, 0.3) is 0 Å². The maximum Gasteiger partial charge on any atom is 0.247 e. The largest absolute Gasteiger partial charge is 0.338 e. The molecule has 2 aromatic rings. The first kappa shape index (κ1) is 14.0. The van der Waals surface area contributed by atoms with Gasteiger partial charge < -0.3 is 15.1 Å². The molecule has 1 aromatic carbocycles. The fraction of sp³-hybridized carbons (Fsp3) is 0.357. The summed E-state index contributed by atoms with van der Waals surface area (Å²) in [6.07, 6.45) is 1.60. The predicted molar refractivity (Wildman–Crippen MR) is 84.3 cm³/mol. The van der Waals surface area contributed by atoms with E-state index in [1.165, 1.54) is 0 Å². The Balaban J connectivity index is 1.76. The van der Waals surface area contributed by atoms with Gasteiger partial charge in [-0.3, -0.25) is 0 Å². The summed E-state index contributed by atoms with van der Waals surface area (Å²) in [5.74, 6) is 1.30. The maximum absolute atomic E-state index is 6.14. The lowest BCUT2D eigenvalue weighted by atomic mass is 10.3. The monoisotopic (exact) mass is 304 g/mol. The smallest absolute Gasteiger partial charge is 0.247 e. The van der Waals surface area contributed by atoms with Crippen molar-refractivity contribution in [3.05, 3.63) is 35.5 Å². The molecule has 0 bridgehead atoms. The fourth-order valence-electron chi connectivity index (χ4n) is 2.20. The average Bonchev–Trinajstić information content (AvgIpc) is 2.51. The van der Waals surface area contributed by atoms with Crippen LogP contribution in [-0.4, -0.2) is 53.3 Å². The second kappa shape index (κ2) is 6.24. The Morgan fingerprint density at radius 2 is 1.90 bits per heavy atom. The molecule has 2 heterocycles. The van der Waals surface area contributed by atoms with Crippen LogP contribution < -0.4 is 10.2 Å². The van der Waals surface area contributed by atoms with Crippen LogP contribution >= 0.6 is 11.6 Å². The zero-order chi connectivity index (χ0) is 14.7. The number of nitrogens with one attached hydrogen (secondary N) is 1. The Hall–Kier alpha value is -1.92. The molecule has 110 valence electrons. The summed E-state index contributed by atoms with van der Waals surface area (Å²) in [6, 6.07) is 7.55. The molecule has 0 spiro atoms. The molecule has 0 aliphatic carbocycles. The molecule has 7 heteroatoms. The molecule has 1 aliphatic rings. The molecule has 1 aromatic heterocycles. The SMILES string of the molecule is CN1CCN(c2nncc(Nc3ccccc3Cl)n2)CC1. The first-order valence-corrected chi connectivity index (χ1v) is 7.25. The van der Waals surface area contributed by atoms with E-state index in [-0.39, 0.29) is 0 Å². The lowest BCUT2D eigenvalue weighted by Crippen LogP contribution is -2.45. The van der Waals surface area contributed by atoms with E-state index in [1.807, 2.05) is 24.3 Å². The van der Waals surface area contributed by atoms with Gasteiger partial charge in [0.2, 0.25) is 5.95 Å². The summed E-state index contributed by atoms with van der Waals surface area (Å²) in [7, 11) is 2.12. The molecular weight excluding hydrogens is 288 g/mol. The van der Waals surface area contributed by atoms with E-state index < -0.39 is 0 Å². The van der Waals surface area contributed by atoms with Crippen molar-refractivity contribution in [3.8, 4) is 0 Å². The first-order valence-electron chi connectivity index (χ1n) is 6.87. The number of hydrogen-bond donors (Lipinski definition) is 1. The van der Waals surface area contributed by atoms with Gasteiger partial charge in [-0.25, -0.2) is 0 Å². The molecule has 0 amide bonds. The number of hydrogen-bond acceptors (Lipinski definition) is 6. The number of piperazine rings is 1. The van der Waals surface area contributed by atoms with Gasteiger partial charge in [-0.15, -0.1) is 5.10 Å². The quantitative estimate of drug-likeness (QED) is 0.936. The van der Waals surface area contributed by atoms with Crippen LogP contribution in [-0.2, 0) is 0 Å². The molecule has 1 N–H and O–H groups in total. The van der Waals surface area contributed by atoms with Crippen molar-refractivity contribution in [1.29, 1.82) is 0 Å². The van der Waals surface area contributed by atoms with Gasteiger partial charge in [0.25, 0.3) is 0 Å². The molecule has 1 saturated heterocycles. The molecule has 1 fully saturated rings. The number of rotatable bonds is 3. The van der Waals surface area contributed by atoms with Crippen molar-refractivity contribution < 1.29 is 0 Å². The average molecular weight is 305 g/mol. The molecule has 0 atom stereocenters. The molecule has 1 aliphatic heterocycles. The van der Waals surface area contributed by atoms with Crippen molar-refractivity contribution in [3.63, 3.8) is 0 Å². The minimum Gasteiger partial charge on any atom is -0.338 e. The summed E-state index contributed by atoms with van der Waals surface area (Å²) in [6.45, 7) is 3.83. The maximum atomic E-state index is 6.14. The Morgan fingerprint density at radius 1 is 1.14 bits per heavy atom. The number of likely N-dealkylation sites (N-methyl/N-ethyl adjacent to an activating group) is 1. The van der Waals surface area contributed by atoms with Crippen molar-refractivity contribution in [2.75, 3.05) is 43.4 Å². The minimum atomic E-state index is 0.645. The van der Waals surface area contributed by atoms with Gasteiger partial charge in [0.15, 0.2) is 5.82 Å². The topological polar surface area (TPSA) is 57.2 Å². The second-order valence-electron chi connectivity index (χ2n) is 5.04. The van der Waals surface area contributed by atoms with Crippen LogP contribution in [0.5, 0.6) is 0 Å². The van der Waals surface area contributed by atoms with Gasteiger partial charge in [-0.05, 0) is 19.2 Å². The number of halogens is 1. The zero-order valence-electron chi connectivity index (χ0n) is 11.8. The van der Waals surface area contributed by atoms with Gasteiger partial charge in [0.05, 0.1) is 16.9 Å². The third kappa shape index (κ3) is 3.40. The van der Waals surface area contributed by atoms with Crippen molar-refractivity contribution in [2.45, 2.75) is 0 Å². The highest BCUT2D eigenvalue weighted by molar-refractivity contribution is 6.33. The van der Waals surface area contributed by atoms with Crippen LogP contribution in [0.3, 0.4) is 0 Å². The minimum absolute atomic E-state index is 0.645. The van der Waals surface area contributed by atoms with Crippen molar-refractivity contribution in [1.82, 2.24) is 20.1 Å². The number of aromatic nitrogens is 3. The summed E-state index contributed by atoms with van der Waals surface area (Å²) in [5, 5.41) is 12.0. The van der Waals surface area contributed by atoms with E-state index >= 15 is 0 Å². The highest BCUT2D eigenvalue weighted by atomic mass is 35.5. The molecule has 0 radical (unpaired) electrons. The fourth-order valence-corrected chi connectivity index (χ4v) is 2.38. The van der Waals surface area contributed by atoms with Gasteiger partial charge >= 0.3 is 0 Å². The van der Waals surface area contributed by atoms with Crippen LogP contribution in [0, 0.1) is 0 Å². The van der Waals surface area contributed by atoms with Crippen LogP contribution in [0.15, 0.2) is 30.5 Å². The van der Waals surface area contributed by atoms with Gasteiger partial charge in [-0.1, -0.05) is 23.7 Å². The summed E-state index contributed by atoms with van der Waals surface area (Å²) >= 11 is 6.14. The molecule has 0 unspecified atom stereocenters. The Bertz CT molecular complexity index is 612. The number of para-hydroxylation sites is 1. The highest BCUT2D eigenvalue weighted by Gasteiger charge is 2.17. The van der Waals surface area contributed by atoms with E-state index in [0.29, 0.717) is 16.8 Å². The lowest BCUT2D eigenvalue weighted by molar-refractivity contribution is 0.311. The number of benzene rings is 1. The number of anilines is 3. The Labute approximate surface area is 128 Å². The van der Waals surface area contributed by atoms with E-state index in [1.54, 1.807) is 6.20 Å². The predicted octanol–water partition coefficient (Wildman–Crippen LogP) is 2.02. The summed E-state index contributed by atoms with van der Waals surface area (Å²) in [5.41, 5.74) is 0.809. The van der Waals surface area contributed by atoms with Gasteiger partial charge in [-0.2, -0.15) is 10.1 Å². The van der Waals surface area contributed by atoms with E-state index in [0.717, 1.165) is 31.9 Å². The van der Waals surface area contributed by atoms with E-state index in [9.17, 15) is 0 Å². The summed E-state index contributed by atoms with van der Waals surface area (Å²) < 4.78 is 0. The van der Waals surface area contributed by atoms with E-state index in [4.69, 9.17) is 11.6 Å². The van der Waals surface area contributed by atoms with Crippen molar-refractivity contribution >= 4 is 29.1 Å².